The Morgan fingerprint density at radius 1 is 1.50 bits per heavy atom. The third-order valence-electron chi connectivity index (χ3n) is 3.55. The number of hydrogen-bond donors (Lipinski definition) is 3. The number of amides is 1. The number of nitrogens with one attached hydrogen (secondary N) is 2. The van der Waals surface area contributed by atoms with E-state index < -0.39 is 0 Å². The summed E-state index contributed by atoms with van der Waals surface area (Å²) in [5.41, 5.74) is 6.56. The minimum absolute atomic E-state index is 0.254. The highest BCUT2D eigenvalue weighted by molar-refractivity contribution is 7.17. The first-order chi connectivity index (χ1) is 9.56. The molecule has 1 aromatic rings. The predicted molar refractivity (Wildman–Crippen MR) is 81.0 cm³/mol. The van der Waals surface area contributed by atoms with Crippen LogP contribution in [0, 0.1) is 11.3 Å². The number of hydrogen-bond acceptors (Lipinski definition) is 6. The van der Waals surface area contributed by atoms with Crippen LogP contribution in [0.4, 0.5) is 10.7 Å². The van der Waals surface area contributed by atoms with Crippen LogP contribution in [-0.4, -0.2) is 44.0 Å². The summed E-state index contributed by atoms with van der Waals surface area (Å²) in [5.74, 6) is -0.254. The first-order valence-corrected chi connectivity index (χ1v) is 7.38. The molecule has 20 heavy (non-hydrogen) atoms. The molecule has 0 radical (unpaired) electrons. The molecule has 2 rings (SSSR count). The van der Waals surface area contributed by atoms with E-state index in [2.05, 4.69) is 22.6 Å². The van der Waals surface area contributed by atoms with Crippen LogP contribution >= 0.6 is 11.3 Å². The zero-order chi connectivity index (χ0) is 14.7. The summed E-state index contributed by atoms with van der Waals surface area (Å²) in [5, 5.41) is 15.7. The average molecular weight is 293 g/mol. The molecule has 1 aliphatic heterocycles. The van der Waals surface area contributed by atoms with E-state index in [9.17, 15) is 4.79 Å². The number of piperidine rings is 1. The Bertz CT molecular complexity index is 540. The van der Waals surface area contributed by atoms with E-state index in [-0.39, 0.29) is 11.6 Å². The number of carbonyl (C=O) groups is 1. The molecule has 4 N–H and O–H groups in total. The molecule has 7 heteroatoms. The fourth-order valence-corrected chi connectivity index (χ4v) is 3.31. The Labute approximate surface area is 122 Å². The molecule has 108 valence electrons. The number of thiophene rings is 1. The van der Waals surface area contributed by atoms with Gasteiger partial charge in [-0.15, -0.1) is 11.3 Å². The van der Waals surface area contributed by atoms with Gasteiger partial charge in [0.1, 0.15) is 15.9 Å². The third kappa shape index (κ3) is 2.86. The zero-order valence-electron chi connectivity index (χ0n) is 11.7. The number of likely N-dealkylation sites (tertiary alicyclic amines) is 1. The van der Waals surface area contributed by atoms with E-state index in [1.54, 1.807) is 7.05 Å². The van der Waals surface area contributed by atoms with Crippen LogP contribution in [0.5, 0.6) is 0 Å². The van der Waals surface area contributed by atoms with Gasteiger partial charge in [-0.05, 0) is 33.0 Å². The van der Waals surface area contributed by atoms with Gasteiger partial charge in [-0.3, -0.25) is 4.79 Å². The molecule has 0 atom stereocenters. The van der Waals surface area contributed by atoms with Crippen molar-refractivity contribution < 1.29 is 4.79 Å². The van der Waals surface area contributed by atoms with Crippen molar-refractivity contribution in [2.75, 3.05) is 38.2 Å². The molecule has 0 aliphatic carbocycles. The highest BCUT2D eigenvalue weighted by Crippen LogP contribution is 2.36. The van der Waals surface area contributed by atoms with Crippen molar-refractivity contribution in [1.82, 2.24) is 10.2 Å². The lowest BCUT2D eigenvalue weighted by Gasteiger charge is -2.29. The summed E-state index contributed by atoms with van der Waals surface area (Å²) in [4.78, 5) is 14.6. The van der Waals surface area contributed by atoms with Crippen molar-refractivity contribution >= 4 is 27.9 Å². The monoisotopic (exact) mass is 293 g/mol. The smallest absolute Gasteiger partial charge is 0.256 e. The van der Waals surface area contributed by atoms with Crippen molar-refractivity contribution in [3.8, 4) is 6.07 Å². The lowest BCUT2D eigenvalue weighted by molar-refractivity contribution is 0.0965. The van der Waals surface area contributed by atoms with Gasteiger partial charge in [-0.2, -0.15) is 5.26 Å². The van der Waals surface area contributed by atoms with Gasteiger partial charge in [0, 0.05) is 13.1 Å². The molecular weight excluding hydrogens is 274 g/mol. The van der Waals surface area contributed by atoms with Crippen LogP contribution in [0.3, 0.4) is 0 Å². The van der Waals surface area contributed by atoms with Crippen molar-refractivity contribution in [3.05, 3.63) is 10.4 Å². The number of anilines is 2. The maximum absolute atomic E-state index is 11.9. The minimum Gasteiger partial charge on any atom is -0.396 e. The van der Waals surface area contributed by atoms with Crippen LogP contribution in [-0.2, 0) is 0 Å². The standard InChI is InChI=1S/C13H19N5OS/c1-16-12(19)10-11(15)9(7-14)20-13(10)17-8-3-5-18(2)6-4-8/h8,17H,3-6,15H2,1-2H3,(H,16,19). The summed E-state index contributed by atoms with van der Waals surface area (Å²) < 4.78 is 0. The summed E-state index contributed by atoms with van der Waals surface area (Å²) >= 11 is 1.25. The van der Waals surface area contributed by atoms with Gasteiger partial charge in [-0.1, -0.05) is 0 Å². The van der Waals surface area contributed by atoms with Crippen molar-refractivity contribution in [2.45, 2.75) is 18.9 Å². The Morgan fingerprint density at radius 2 is 2.15 bits per heavy atom. The fraction of sp³-hybridized carbons (Fsp3) is 0.538. The molecular formula is C13H19N5OS. The number of nitrogens with two attached hydrogens (primary N) is 1. The second-order valence-corrected chi connectivity index (χ2v) is 5.98. The van der Waals surface area contributed by atoms with Gasteiger partial charge in [0.15, 0.2) is 0 Å². The van der Waals surface area contributed by atoms with Crippen LogP contribution in [0.15, 0.2) is 0 Å². The van der Waals surface area contributed by atoms with Crippen molar-refractivity contribution in [1.29, 1.82) is 5.26 Å². The molecule has 0 unspecified atom stereocenters. The van der Waals surface area contributed by atoms with E-state index in [0.29, 0.717) is 21.5 Å². The average Bonchev–Trinajstić information content (AvgIpc) is 2.76. The van der Waals surface area contributed by atoms with Gasteiger partial charge >= 0.3 is 0 Å². The second-order valence-electron chi connectivity index (χ2n) is 4.96. The molecule has 1 aromatic heterocycles. The molecule has 1 amide bonds. The van der Waals surface area contributed by atoms with E-state index in [0.717, 1.165) is 25.9 Å². The van der Waals surface area contributed by atoms with E-state index in [1.807, 2.05) is 6.07 Å². The van der Waals surface area contributed by atoms with Gasteiger partial charge in [0.05, 0.1) is 11.3 Å². The second kappa shape index (κ2) is 6.11. The summed E-state index contributed by atoms with van der Waals surface area (Å²) in [6.07, 6.45) is 2.03. The highest BCUT2D eigenvalue weighted by atomic mass is 32.1. The number of nitrogens with zero attached hydrogens (tertiary/aromatic N) is 2. The normalized spacial score (nSPS) is 16.6. The molecule has 2 heterocycles. The summed E-state index contributed by atoms with van der Waals surface area (Å²) in [6, 6.07) is 2.36. The van der Waals surface area contributed by atoms with E-state index >= 15 is 0 Å². The number of nitriles is 1. The van der Waals surface area contributed by atoms with Crippen LogP contribution in [0.25, 0.3) is 0 Å². The maximum Gasteiger partial charge on any atom is 0.256 e. The topological polar surface area (TPSA) is 94.2 Å². The summed E-state index contributed by atoms with van der Waals surface area (Å²) in [6.45, 7) is 2.05. The number of carbonyl (C=O) groups excluding carboxylic acids is 1. The lowest BCUT2D eigenvalue weighted by Crippen LogP contribution is -2.37. The highest BCUT2D eigenvalue weighted by Gasteiger charge is 2.24. The Balaban J connectivity index is 2.22. The first-order valence-electron chi connectivity index (χ1n) is 6.56. The molecule has 1 fully saturated rings. The quantitative estimate of drug-likeness (QED) is 0.775. The van der Waals surface area contributed by atoms with Gasteiger partial charge in [0.2, 0.25) is 0 Å². The van der Waals surface area contributed by atoms with Crippen LogP contribution < -0.4 is 16.4 Å². The maximum atomic E-state index is 11.9. The fourth-order valence-electron chi connectivity index (χ4n) is 2.32. The van der Waals surface area contributed by atoms with Crippen LogP contribution in [0.1, 0.15) is 28.1 Å². The summed E-state index contributed by atoms with van der Waals surface area (Å²) in [7, 11) is 3.66. The van der Waals surface area contributed by atoms with E-state index in [1.165, 1.54) is 11.3 Å². The SMILES string of the molecule is CNC(=O)c1c(NC2CCN(C)CC2)sc(C#N)c1N. The van der Waals surface area contributed by atoms with E-state index in [4.69, 9.17) is 11.0 Å². The Kier molecular flexibility index (Phi) is 4.47. The van der Waals surface area contributed by atoms with Crippen molar-refractivity contribution in [2.24, 2.45) is 0 Å². The molecule has 0 aromatic carbocycles. The molecule has 0 spiro atoms. The largest absolute Gasteiger partial charge is 0.396 e. The Hall–Kier alpha value is -1.78. The lowest BCUT2D eigenvalue weighted by atomic mass is 10.1. The third-order valence-corrected chi connectivity index (χ3v) is 4.60. The van der Waals surface area contributed by atoms with Crippen molar-refractivity contribution in [3.63, 3.8) is 0 Å². The zero-order valence-corrected chi connectivity index (χ0v) is 12.5. The number of rotatable bonds is 3. The molecule has 1 aliphatic rings. The van der Waals surface area contributed by atoms with Crippen LogP contribution in [0.2, 0.25) is 0 Å². The van der Waals surface area contributed by atoms with Gasteiger partial charge in [-0.25, -0.2) is 0 Å². The predicted octanol–water partition coefficient (Wildman–Crippen LogP) is 1.07. The van der Waals surface area contributed by atoms with Gasteiger partial charge < -0.3 is 21.3 Å². The number of nitrogen functional groups attached to an aromatic ring is 1. The minimum atomic E-state index is -0.254. The molecule has 6 nitrogen and oxygen atoms in total. The first kappa shape index (κ1) is 14.6. The Morgan fingerprint density at radius 3 is 2.70 bits per heavy atom. The van der Waals surface area contributed by atoms with Gasteiger partial charge in [0.25, 0.3) is 5.91 Å². The molecule has 0 bridgehead atoms. The molecule has 0 saturated carbocycles. The molecule has 1 saturated heterocycles.